The van der Waals surface area contributed by atoms with Crippen LogP contribution < -0.4 is 14.8 Å². The minimum Gasteiger partial charge on any atom is -0.480 e. The van der Waals surface area contributed by atoms with Crippen molar-refractivity contribution in [3.63, 3.8) is 0 Å². The van der Waals surface area contributed by atoms with Crippen LogP contribution >= 0.6 is 0 Å². The molecular weight excluding hydrogens is 442 g/mol. The standard InChI is InChI=1S/C28H35N3O4/c1-16-9-11-31-15-26-14-27(25(4,5)19(26)13-28(16,31)23(33)30(26)6)17-7-8-18-21(20(17)29-22(27)32)34-12-10-24(2,3)35-18/h7-8,10,12,16,19H,9,11,13-15H2,1-6H3,(H,29,32)/t16-,19-,26+,27+,28+/m0/s1. The summed E-state index contributed by atoms with van der Waals surface area (Å²) in [5.74, 6) is 2.01. The molecule has 3 spiro atoms. The zero-order valence-electron chi connectivity index (χ0n) is 21.5. The first kappa shape index (κ1) is 21.7. The second-order valence-electron chi connectivity index (χ2n) is 13.0. The average molecular weight is 478 g/mol. The summed E-state index contributed by atoms with van der Waals surface area (Å²) < 4.78 is 12.3. The summed E-state index contributed by atoms with van der Waals surface area (Å²) in [6.07, 6.45) is 6.05. The molecule has 7 heteroatoms. The van der Waals surface area contributed by atoms with Gasteiger partial charge in [0.1, 0.15) is 11.1 Å². The van der Waals surface area contributed by atoms with Crippen LogP contribution in [-0.2, 0) is 15.0 Å². The summed E-state index contributed by atoms with van der Waals surface area (Å²) in [5, 5.41) is 3.22. The van der Waals surface area contributed by atoms with Crippen molar-refractivity contribution < 1.29 is 19.1 Å². The quantitative estimate of drug-likeness (QED) is 0.617. The maximum atomic E-state index is 14.1. The van der Waals surface area contributed by atoms with Gasteiger partial charge in [0.05, 0.1) is 22.9 Å². The molecule has 0 aromatic heterocycles. The third-order valence-corrected chi connectivity index (χ3v) is 11.0. The van der Waals surface area contributed by atoms with E-state index in [0.717, 1.165) is 31.5 Å². The number of benzene rings is 1. The number of nitrogens with zero attached hydrogens (tertiary/aromatic N) is 2. The highest BCUT2D eigenvalue weighted by atomic mass is 16.5. The second kappa shape index (κ2) is 6.05. The van der Waals surface area contributed by atoms with Crippen LogP contribution in [0.5, 0.6) is 11.5 Å². The molecule has 6 heterocycles. The number of likely N-dealkylation sites (N-methyl/N-ethyl adjacent to an activating group) is 1. The summed E-state index contributed by atoms with van der Waals surface area (Å²) in [6, 6.07) is 4.01. The van der Waals surface area contributed by atoms with Crippen molar-refractivity contribution in [1.82, 2.24) is 9.80 Å². The van der Waals surface area contributed by atoms with Crippen molar-refractivity contribution in [1.29, 1.82) is 0 Å². The first-order valence-corrected chi connectivity index (χ1v) is 13.0. The summed E-state index contributed by atoms with van der Waals surface area (Å²) in [7, 11) is 1.99. The Hall–Kier alpha value is -2.54. The molecule has 35 heavy (non-hydrogen) atoms. The van der Waals surface area contributed by atoms with E-state index in [1.165, 1.54) is 0 Å². The fourth-order valence-electron chi connectivity index (χ4n) is 9.05. The van der Waals surface area contributed by atoms with Crippen molar-refractivity contribution >= 4 is 17.5 Å². The number of hydrogen-bond donors (Lipinski definition) is 1. The lowest BCUT2D eigenvalue weighted by atomic mass is 9.56. The van der Waals surface area contributed by atoms with Gasteiger partial charge in [0.15, 0.2) is 11.5 Å². The van der Waals surface area contributed by atoms with Gasteiger partial charge < -0.3 is 19.7 Å². The third-order valence-electron chi connectivity index (χ3n) is 11.0. The normalized spacial score (nSPS) is 41.6. The molecule has 1 saturated carbocycles. The Balaban J connectivity index is 1.41. The highest BCUT2D eigenvalue weighted by molar-refractivity contribution is 6.09. The number of piperidine rings is 2. The Morgan fingerprint density at radius 3 is 2.69 bits per heavy atom. The maximum Gasteiger partial charge on any atom is 0.243 e. The van der Waals surface area contributed by atoms with Crippen LogP contribution in [0.15, 0.2) is 24.5 Å². The summed E-state index contributed by atoms with van der Waals surface area (Å²) in [4.78, 5) is 32.6. The average Bonchev–Trinajstić information content (AvgIpc) is 3.29. The highest BCUT2D eigenvalue weighted by Crippen LogP contribution is 2.72. The maximum absolute atomic E-state index is 14.1. The van der Waals surface area contributed by atoms with E-state index < -0.39 is 16.6 Å². The van der Waals surface area contributed by atoms with Gasteiger partial charge in [0.2, 0.25) is 11.8 Å². The Morgan fingerprint density at radius 1 is 1.14 bits per heavy atom. The molecule has 8 rings (SSSR count). The minimum absolute atomic E-state index is 0.0146. The number of carbonyl (C=O) groups excluding carboxylic acids is 2. The Bertz CT molecular complexity index is 1240. The molecule has 2 bridgehead atoms. The lowest BCUT2D eigenvalue weighted by Gasteiger charge is -2.65. The van der Waals surface area contributed by atoms with E-state index in [1.54, 1.807) is 6.26 Å². The van der Waals surface area contributed by atoms with Crippen LogP contribution in [-0.4, -0.2) is 58.4 Å². The number of anilines is 1. The van der Waals surface area contributed by atoms with Crippen molar-refractivity contribution in [2.45, 2.75) is 76.0 Å². The first-order chi connectivity index (χ1) is 16.4. The van der Waals surface area contributed by atoms with E-state index >= 15 is 0 Å². The Labute approximate surface area is 206 Å². The SMILES string of the molecule is C[C@H]1CCN2C[C@]34C[C@@]5(C(=O)Nc6c5ccc5c6OC=CC(C)(C)O5)C(C)(C)[C@@H]3C[C@]12C(=O)N4C. The van der Waals surface area contributed by atoms with Gasteiger partial charge in [-0.15, -0.1) is 0 Å². The summed E-state index contributed by atoms with van der Waals surface area (Å²) in [6.45, 7) is 12.5. The van der Waals surface area contributed by atoms with E-state index in [1.807, 2.05) is 33.0 Å². The topological polar surface area (TPSA) is 71.1 Å². The molecular formula is C28H35N3O4. The third kappa shape index (κ3) is 2.16. The van der Waals surface area contributed by atoms with Crippen LogP contribution in [0.25, 0.3) is 0 Å². The van der Waals surface area contributed by atoms with Gasteiger partial charge in [0.25, 0.3) is 0 Å². The fraction of sp³-hybridized carbons (Fsp3) is 0.643. The molecule has 0 unspecified atom stereocenters. The first-order valence-electron chi connectivity index (χ1n) is 13.0. The predicted octanol–water partition coefficient (Wildman–Crippen LogP) is 3.68. The van der Waals surface area contributed by atoms with Crippen LogP contribution in [0.3, 0.4) is 0 Å². The van der Waals surface area contributed by atoms with E-state index in [2.05, 4.69) is 42.0 Å². The molecule has 6 aliphatic heterocycles. The van der Waals surface area contributed by atoms with E-state index in [-0.39, 0.29) is 28.7 Å². The second-order valence-corrected chi connectivity index (χ2v) is 13.0. The fourth-order valence-corrected chi connectivity index (χ4v) is 9.05. The lowest BCUT2D eigenvalue weighted by molar-refractivity contribution is -0.189. The van der Waals surface area contributed by atoms with E-state index in [4.69, 9.17) is 9.47 Å². The van der Waals surface area contributed by atoms with Crippen LogP contribution in [0.4, 0.5) is 5.69 Å². The Morgan fingerprint density at radius 2 is 1.91 bits per heavy atom. The van der Waals surface area contributed by atoms with Gasteiger partial charge in [0, 0.05) is 13.6 Å². The van der Waals surface area contributed by atoms with Gasteiger partial charge in [-0.1, -0.05) is 26.8 Å². The molecule has 4 saturated heterocycles. The smallest absolute Gasteiger partial charge is 0.243 e. The monoisotopic (exact) mass is 477 g/mol. The molecule has 5 atom stereocenters. The molecule has 7 aliphatic rings. The van der Waals surface area contributed by atoms with Crippen molar-refractivity contribution in [3.05, 3.63) is 30.0 Å². The van der Waals surface area contributed by atoms with Crippen LogP contribution in [0, 0.1) is 17.3 Å². The zero-order chi connectivity index (χ0) is 24.8. The van der Waals surface area contributed by atoms with Gasteiger partial charge in [-0.05, 0) is 74.6 Å². The lowest BCUT2D eigenvalue weighted by Crippen LogP contribution is -2.79. The molecule has 1 aromatic carbocycles. The van der Waals surface area contributed by atoms with Crippen LogP contribution in [0.2, 0.25) is 0 Å². The summed E-state index contributed by atoms with van der Waals surface area (Å²) in [5.41, 5.74) is -0.714. The molecule has 5 fully saturated rings. The number of nitrogens with one attached hydrogen (secondary N) is 1. The number of fused-ring (bicyclic) bond motifs is 5. The zero-order valence-corrected chi connectivity index (χ0v) is 21.5. The van der Waals surface area contributed by atoms with Crippen molar-refractivity contribution in [2.24, 2.45) is 17.3 Å². The van der Waals surface area contributed by atoms with Crippen LogP contribution in [0.1, 0.15) is 59.4 Å². The molecule has 1 aliphatic carbocycles. The van der Waals surface area contributed by atoms with Gasteiger partial charge in [-0.25, -0.2) is 0 Å². The molecule has 7 nitrogen and oxygen atoms in total. The van der Waals surface area contributed by atoms with Gasteiger partial charge in [-0.3, -0.25) is 14.5 Å². The Kier molecular flexibility index (Phi) is 3.75. The summed E-state index contributed by atoms with van der Waals surface area (Å²) >= 11 is 0. The molecule has 1 aromatic rings. The largest absolute Gasteiger partial charge is 0.480 e. The van der Waals surface area contributed by atoms with E-state index in [9.17, 15) is 9.59 Å². The van der Waals surface area contributed by atoms with E-state index in [0.29, 0.717) is 29.5 Å². The van der Waals surface area contributed by atoms with Gasteiger partial charge in [-0.2, -0.15) is 0 Å². The number of rotatable bonds is 0. The highest BCUT2D eigenvalue weighted by Gasteiger charge is 2.80. The van der Waals surface area contributed by atoms with Gasteiger partial charge >= 0.3 is 0 Å². The van der Waals surface area contributed by atoms with Crippen molar-refractivity contribution in [2.75, 3.05) is 25.5 Å². The number of piperazine rings is 1. The number of hydrogen-bond acceptors (Lipinski definition) is 5. The number of carbonyl (C=O) groups is 2. The molecule has 186 valence electrons. The molecule has 0 radical (unpaired) electrons. The van der Waals surface area contributed by atoms with Crippen molar-refractivity contribution in [3.8, 4) is 11.5 Å². The number of amides is 2. The molecule has 1 N–H and O–H groups in total. The number of ether oxygens (including phenoxy) is 2. The molecule has 2 amide bonds. The minimum atomic E-state index is -0.750. The predicted molar refractivity (Wildman–Crippen MR) is 131 cm³/mol.